The molecule has 0 aliphatic rings. The summed E-state index contributed by atoms with van der Waals surface area (Å²) in [5.74, 6) is 0.618. The van der Waals surface area contributed by atoms with Crippen LogP contribution in [0.15, 0.2) is 30.9 Å². The molecule has 4 nitrogen and oxygen atoms in total. The molecule has 2 aromatic rings. The van der Waals surface area contributed by atoms with Gasteiger partial charge < -0.3 is 0 Å². The Morgan fingerprint density at radius 3 is 2.92 bits per heavy atom. The lowest BCUT2D eigenvalue weighted by Gasteiger charge is -1.97. The Morgan fingerprint density at radius 1 is 1.33 bits per heavy atom. The summed E-state index contributed by atoms with van der Waals surface area (Å²) in [5.41, 5.74) is 0. The predicted octanol–water partition coefficient (Wildman–Crippen LogP) is 1.32. The summed E-state index contributed by atoms with van der Waals surface area (Å²) in [7, 11) is 0. The van der Waals surface area contributed by atoms with Crippen molar-refractivity contribution in [1.29, 1.82) is 0 Å². The van der Waals surface area contributed by atoms with Gasteiger partial charge in [0.1, 0.15) is 5.15 Å². The molecule has 0 aromatic carbocycles. The van der Waals surface area contributed by atoms with E-state index in [4.69, 9.17) is 11.6 Å². The molecule has 0 aliphatic heterocycles. The first-order valence-electron chi connectivity index (χ1n) is 3.34. The van der Waals surface area contributed by atoms with Crippen LogP contribution in [0.25, 0.3) is 5.82 Å². The number of nitrogens with zero attached hydrogens (tertiary/aromatic N) is 4. The zero-order valence-electron chi connectivity index (χ0n) is 6.05. The highest BCUT2D eigenvalue weighted by Gasteiger charge is 1.97. The van der Waals surface area contributed by atoms with Crippen LogP contribution in [-0.2, 0) is 0 Å². The topological polar surface area (TPSA) is 43.6 Å². The predicted molar refractivity (Wildman–Crippen MR) is 44.2 cm³/mol. The third-order valence-electron chi connectivity index (χ3n) is 1.33. The Labute approximate surface area is 73.8 Å². The molecule has 0 aliphatic carbocycles. The minimum absolute atomic E-state index is 0.364. The largest absolute Gasteiger partial charge is 0.258 e. The molecule has 0 atom stereocenters. The highest BCUT2D eigenvalue weighted by molar-refractivity contribution is 6.29. The van der Waals surface area contributed by atoms with Crippen molar-refractivity contribution in [1.82, 2.24) is 19.7 Å². The van der Waals surface area contributed by atoms with Crippen LogP contribution >= 0.6 is 11.6 Å². The molecule has 0 saturated carbocycles. The first-order valence-corrected chi connectivity index (χ1v) is 3.71. The van der Waals surface area contributed by atoms with Crippen LogP contribution in [0.2, 0.25) is 5.15 Å². The third-order valence-corrected chi connectivity index (χ3v) is 1.51. The van der Waals surface area contributed by atoms with Crippen LogP contribution in [-0.4, -0.2) is 19.7 Å². The molecule has 0 spiro atoms. The first-order chi connectivity index (χ1) is 5.86. The van der Waals surface area contributed by atoms with E-state index in [1.165, 1.54) is 6.20 Å². The number of aromatic nitrogens is 4. The van der Waals surface area contributed by atoms with Crippen molar-refractivity contribution >= 4 is 11.6 Å². The van der Waals surface area contributed by atoms with Crippen LogP contribution < -0.4 is 0 Å². The van der Waals surface area contributed by atoms with E-state index in [1.54, 1.807) is 23.3 Å². The van der Waals surface area contributed by atoms with Crippen LogP contribution in [0.1, 0.15) is 0 Å². The van der Waals surface area contributed by atoms with Crippen LogP contribution in [0.5, 0.6) is 0 Å². The van der Waals surface area contributed by atoms with Gasteiger partial charge in [0.15, 0.2) is 5.82 Å². The molecule has 2 heterocycles. The minimum Gasteiger partial charge on any atom is -0.258 e. The van der Waals surface area contributed by atoms with E-state index < -0.39 is 0 Å². The summed E-state index contributed by atoms with van der Waals surface area (Å²) < 4.78 is 1.60. The Hall–Kier alpha value is -1.42. The minimum atomic E-state index is 0.364. The summed E-state index contributed by atoms with van der Waals surface area (Å²) >= 11 is 5.65. The van der Waals surface area contributed by atoms with Gasteiger partial charge in [-0.3, -0.25) is 4.98 Å². The van der Waals surface area contributed by atoms with Gasteiger partial charge in [-0.15, -0.1) is 0 Å². The van der Waals surface area contributed by atoms with E-state index in [0.29, 0.717) is 11.0 Å². The number of hydrogen-bond donors (Lipinski definition) is 0. The maximum Gasteiger partial charge on any atom is 0.173 e. The first kappa shape index (κ1) is 7.24. The Morgan fingerprint density at radius 2 is 2.25 bits per heavy atom. The Bertz CT molecular complexity index is 371. The van der Waals surface area contributed by atoms with E-state index in [2.05, 4.69) is 15.1 Å². The molecule has 0 saturated heterocycles. The van der Waals surface area contributed by atoms with Gasteiger partial charge in [-0.1, -0.05) is 11.6 Å². The van der Waals surface area contributed by atoms with Gasteiger partial charge in [-0.05, 0) is 6.07 Å². The maximum absolute atomic E-state index is 5.65. The number of hydrogen-bond acceptors (Lipinski definition) is 3. The van der Waals surface area contributed by atoms with Gasteiger partial charge in [0.25, 0.3) is 0 Å². The van der Waals surface area contributed by atoms with Gasteiger partial charge in [-0.25, -0.2) is 9.67 Å². The Balaban J connectivity index is 2.48. The van der Waals surface area contributed by atoms with Crippen molar-refractivity contribution in [2.75, 3.05) is 0 Å². The number of rotatable bonds is 1. The molecule has 0 fully saturated rings. The second-order valence-electron chi connectivity index (χ2n) is 2.15. The fraction of sp³-hybridized carbons (Fsp3) is 0. The molecule has 0 amide bonds. The molecule has 2 aromatic heterocycles. The highest BCUT2D eigenvalue weighted by Crippen LogP contribution is 2.05. The van der Waals surface area contributed by atoms with Gasteiger partial charge in [-0.2, -0.15) is 5.10 Å². The fourth-order valence-electron chi connectivity index (χ4n) is 0.847. The number of halogens is 1. The summed E-state index contributed by atoms with van der Waals surface area (Å²) in [6.45, 7) is 0. The van der Waals surface area contributed by atoms with Crippen molar-refractivity contribution in [3.63, 3.8) is 0 Å². The summed E-state index contributed by atoms with van der Waals surface area (Å²) in [4.78, 5) is 7.90. The standard InChI is InChI=1S/C7H5ClN4/c8-6-4-9-5-7(11-6)12-3-1-2-10-12/h1-5H. The molecule has 0 unspecified atom stereocenters. The van der Waals surface area contributed by atoms with E-state index in [0.717, 1.165) is 0 Å². The molecule has 0 bridgehead atoms. The normalized spacial score (nSPS) is 10.1. The summed E-state index contributed by atoms with van der Waals surface area (Å²) in [5, 5.41) is 4.35. The zero-order chi connectivity index (χ0) is 8.39. The quantitative estimate of drug-likeness (QED) is 0.665. The summed E-state index contributed by atoms with van der Waals surface area (Å²) in [6, 6.07) is 1.81. The lowest BCUT2D eigenvalue weighted by molar-refractivity contribution is 0.838. The maximum atomic E-state index is 5.65. The fourth-order valence-corrected chi connectivity index (χ4v) is 0.990. The average molecular weight is 181 g/mol. The van der Waals surface area contributed by atoms with Crippen molar-refractivity contribution in [2.45, 2.75) is 0 Å². The lowest BCUT2D eigenvalue weighted by Crippen LogP contribution is -1.98. The smallest absolute Gasteiger partial charge is 0.173 e. The Kier molecular flexibility index (Phi) is 1.75. The van der Waals surface area contributed by atoms with Crippen molar-refractivity contribution in [2.24, 2.45) is 0 Å². The second-order valence-corrected chi connectivity index (χ2v) is 2.54. The van der Waals surface area contributed by atoms with Crippen LogP contribution in [0.3, 0.4) is 0 Å². The second kappa shape index (κ2) is 2.91. The summed E-state index contributed by atoms with van der Waals surface area (Å²) in [6.07, 6.45) is 6.52. The molecule has 12 heavy (non-hydrogen) atoms. The van der Waals surface area contributed by atoms with E-state index in [-0.39, 0.29) is 0 Å². The van der Waals surface area contributed by atoms with E-state index in [9.17, 15) is 0 Å². The molecular formula is C7H5ClN4. The average Bonchev–Trinajstić information content (AvgIpc) is 2.56. The van der Waals surface area contributed by atoms with Crippen LogP contribution in [0.4, 0.5) is 0 Å². The highest BCUT2D eigenvalue weighted by atomic mass is 35.5. The zero-order valence-corrected chi connectivity index (χ0v) is 6.81. The van der Waals surface area contributed by atoms with Crippen molar-refractivity contribution in [3.8, 4) is 5.82 Å². The molecular weight excluding hydrogens is 176 g/mol. The van der Waals surface area contributed by atoms with Gasteiger partial charge in [0.2, 0.25) is 0 Å². The SMILES string of the molecule is Clc1cncc(-n2cccn2)n1. The van der Waals surface area contributed by atoms with Gasteiger partial charge in [0.05, 0.1) is 12.4 Å². The monoisotopic (exact) mass is 180 g/mol. The lowest BCUT2D eigenvalue weighted by atomic mass is 10.6. The third kappa shape index (κ3) is 1.29. The molecule has 5 heteroatoms. The molecule has 0 N–H and O–H groups in total. The molecule has 60 valence electrons. The van der Waals surface area contributed by atoms with E-state index in [1.807, 2.05) is 6.07 Å². The molecule has 2 rings (SSSR count). The van der Waals surface area contributed by atoms with E-state index >= 15 is 0 Å². The van der Waals surface area contributed by atoms with Crippen LogP contribution in [0, 0.1) is 0 Å². The van der Waals surface area contributed by atoms with Gasteiger partial charge in [0, 0.05) is 12.4 Å². The van der Waals surface area contributed by atoms with Crippen molar-refractivity contribution in [3.05, 3.63) is 36.0 Å². The van der Waals surface area contributed by atoms with Crippen molar-refractivity contribution < 1.29 is 0 Å². The molecule has 0 radical (unpaired) electrons. The van der Waals surface area contributed by atoms with Gasteiger partial charge >= 0.3 is 0 Å².